The van der Waals surface area contributed by atoms with E-state index >= 15 is 0 Å². The van der Waals surface area contributed by atoms with Gasteiger partial charge in [0.25, 0.3) is 0 Å². The first kappa shape index (κ1) is 22.3. The first-order valence-electron chi connectivity index (χ1n) is 10.7. The molecule has 0 aliphatic rings. The Morgan fingerprint density at radius 2 is 1.19 bits per heavy atom. The van der Waals surface area contributed by atoms with Crippen LogP contribution in [0.15, 0.2) is 91.0 Å². The lowest BCUT2D eigenvalue weighted by Crippen LogP contribution is -2.47. The minimum Gasteiger partial charge on any atom is -0.480 e. The molecule has 4 heteroatoms. The number of hydrogen-bond donors (Lipinski definition) is 2. The molecular weight excluding hydrogens is 386 g/mol. The van der Waals surface area contributed by atoms with Crippen molar-refractivity contribution >= 4 is 11.9 Å². The van der Waals surface area contributed by atoms with Crippen molar-refractivity contribution in [2.24, 2.45) is 5.92 Å². The van der Waals surface area contributed by atoms with Crippen LogP contribution in [0.3, 0.4) is 0 Å². The second kappa shape index (κ2) is 10.1. The molecule has 4 nitrogen and oxygen atoms in total. The monoisotopic (exact) mass is 415 g/mol. The summed E-state index contributed by atoms with van der Waals surface area (Å²) in [6.45, 7) is 3.77. The van der Waals surface area contributed by atoms with Crippen molar-refractivity contribution in [3.05, 3.63) is 108 Å². The van der Waals surface area contributed by atoms with Crippen LogP contribution < -0.4 is 5.32 Å². The molecule has 0 unspecified atom stereocenters. The van der Waals surface area contributed by atoms with E-state index in [9.17, 15) is 14.7 Å². The molecule has 31 heavy (non-hydrogen) atoms. The Morgan fingerprint density at radius 1 is 0.806 bits per heavy atom. The number of carboxylic acid groups (broad SMARTS) is 1. The maximum absolute atomic E-state index is 13.3. The molecule has 0 spiro atoms. The average molecular weight is 416 g/mol. The molecule has 160 valence electrons. The Kier molecular flexibility index (Phi) is 7.24. The number of amides is 1. The summed E-state index contributed by atoms with van der Waals surface area (Å²) in [6, 6.07) is 28.9. The number of nitrogens with one attached hydrogen (secondary N) is 1. The zero-order valence-electron chi connectivity index (χ0n) is 18.0. The molecule has 0 heterocycles. The lowest BCUT2D eigenvalue weighted by Gasteiger charge is -2.36. The highest BCUT2D eigenvalue weighted by atomic mass is 16.4. The Hall–Kier alpha value is -3.40. The number of carbonyl (C=O) groups is 2. The van der Waals surface area contributed by atoms with E-state index in [4.69, 9.17) is 0 Å². The third-order valence-corrected chi connectivity index (χ3v) is 6.02. The molecule has 0 fully saturated rings. The lowest BCUT2D eigenvalue weighted by atomic mass is 9.67. The topological polar surface area (TPSA) is 66.4 Å². The van der Waals surface area contributed by atoms with Crippen molar-refractivity contribution in [3.63, 3.8) is 0 Å². The number of carboxylic acids is 1. The van der Waals surface area contributed by atoms with Crippen LogP contribution in [0, 0.1) is 5.92 Å². The minimum atomic E-state index is -1.01. The third kappa shape index (κ3) is 4.85. The highest BCUT2D eigenvalue weighted by Gasteiger charge is 2.39. The first-order valence-corrected chi connectivity index (χ1v) is 10.7. The normalized spacial score (nSPS) is 13.2. The van der Waals surface area contributed by atoms with Crippen LogP contribution in [0.4, 0.5) is 0 Å². The lowest BCUT2D eigenvalue weighted by molar-refractivity contribution is -0.143. The zero-order chi connectivity index (χ0) is 22.3. The molecule has 0 aliphatic heterocycles. The Bertz CT molecular complexity index is 890. The summed E-state index contributed by atoms with van der Waals surface area (Å²) in [6.07, 6.45) is 0.768. The fourth-order valence-electron chi connectivity index (χ4n) is 4.12. The number of benzene rings is 3. The van der Waals surface area contributed by atoms with Crippen molar-refractivity contribution in [1.82, 2.24) is 5.32 Å². The molecule has 0 saturated heterocycles. The molecule has 0 radical (unpaired) electrons. The zero-order valence-corrected chi connectivity index (χ0v) is 18.0. The van der Waals surface area contributed by atoms with E-state index in [1.807, 2.05) is 105 Å². The van der Waals surface area contributed by atoms with Gasteiger partial charge in [0.1, 0.15) is 6.04 Å². The fraction of sp³-hybridized carbons (Fsp3) is 0.259. The first-order chi connectivity index (χ1) is 15.0. The van der Waals surface area contributed by atoms with E-state index in [0.29, 0.717) is 6.42 Å². The van der Waals surface area contributed by atoms with Crippen molar-refractivity contribution in [2.75, 3.05) is 0 Å². The Labute approximate surface area is 183 Å². The Morgan fingerprint density at radius 3 is 1.52 bits per heavy atom. The van der Waals surface area contributed by atoms with Crippen molar-refractivity contribution < 1.29 is 14.7 Å². The van der Waals surface area contributed by atoms with Crippen LogP contribution in [0.2, 0.25) is 0 Å². The maximum atomic E-state index is 13.3. The molecule has 0 bridgehead atoms. The quantitative estimate of drug-likeness (QED) is 0.482. The predicted molar refractivity (Wildman–Crippen MR) is 123 cm³/mol. The number of rotatable bonds is 9. The van der Waals surface area contributed by atoms with Gasteiger partial charge in [0.2, 0.25) is 5.91 Å². The molecule has 2 N–H and O–H groups in total. The van der Waals surface area contributed by atoms with Crippen LogP contribution >= 0.6 is 0 Å². The minimum absolute atomic E-state index is 0.102. The molecular formula is C27H29NO3. The largest absolute Gasteiger partial charge is 0.480 e. The van der Waals surface area contributed by atoms with Gasteiger partial charge >= 0.3 is 5.97 Å². The van der Waals surface area contributed by atoms with Gasteiger partial charge in [-0.1, -0.05) is 111 Å². The van der Waals surface area contributed by atoms with Gasteiger partial charge in [0, 0.05) is 6.42 Å². The third-order valence-electron chi connectivity index (χ3n) is 6.02. The van der Waals surface area contributed by atoms with Gasteiger partial charge in [0.15, 0.2) is 0 Å². The SMILES string of the molecule is CC[C@@H](C)[C@@H](NC(=O)CC(c1ccccc1)(c1ccccc1)c1ccccc1)C(=O)O. The molecule has 2 atom stereocenters. The molecule has 0 saturated carbocycles. The second-order valence-electron chi connectivity index (χ2n) is 7.95. The molecule has 1 amide bonds. The summed E-state index contributed by atoms with van der Waals surface area (Å²) < 4.78 is 0. The van der Waals surface area contributed by atoms with Crippen LogP contribution in [-0.4, -0.2) is 23.0 Å². The Balaban J connectivity index is 2.12. The highest BCUT2D eigenvalue weighted by molar-refractivity contribution is 5.85. The van der Waals surface area contributed by atoms with Gasteiger partial charge < -0.3 is 10.4 Å². The van der Waals surface area contributed by atoms with Crippen molar-refractivity contribution in [3.8, 4) is 0 Å². The van der Waals surface area contributed by atoms with E-state index in [2.05, 4.69) is 5.32 Å². The van der Waals surface area contributed by atoms with Gasteiger partial charge in [-0.25, -0.2) is 4.79 Å². The van der Waals surface area contributed by atoms with Gasteiger partial charge in [-0.15, -0.1) is 0 Å². The molecule has 3 aromatic carbocycles. The smallest absolute Gasteiger partial charge is 0.326 e. The predicted octanol–water partition coefficient (Wildman–Crippen LogP) is 5.03. The van der Waals surface area contributed by atoms with E-state index in [1.54, 1.807) is 0 Å². The summed E-state index contributed by atoms with van der Waals surface area (Å²) >= 11 is 0. The summed E-state index contributed by atoms with van der Waals surface area (Å²) in [5.41, 5.74) is 2.21. The summed E-state index contributed by atoms with van der Waals surface area (Å²) in [5, 5.41) is 12.5. The highest BCUT2D eigenvalue weighted by Crippen LogP contribution is 2.42. The standard InChI is InChI=1S/C27H29NO3/c1-3-20(2)25(26(30)31)28-24(29)19-27(21-13-7-4-8-14-21,22-15-9-5-10-16-22)23-17-11-6-12-18-23/h4-18,20,25H,3,19H2,1-2H3,(H,28,29)(H,30,31)/t20-,25-/m1/s1. The summed E-state index contributed by atoms with van der Waals surface area (Å²) in [5.74, 6) is -1.46. The molecule has 3 aromatic rings. The number of aliphatic carboxylic acids is 1. The molecule has 3 rings (SSSR count). The van der Waals surface area contributed by atoms with Crippen LogP contribution in [0.5, 0.6) is 0 Å². The number of carbonyl (C=O) groups excluding carboxylic acids is 1. The second-order valence-corrected chi connectivity index (χ2v) is 7.95. The summed E-state index contributed by atoms with van der Waals surface area (Å²) in [7, 11) is 0. The van der Waals surface area contributed by atoms with Gasteiger partial charge in [-0.3, -0.25) is 4.79 Å². The van der Waals surface area contributed by atoms with E-state index in [0.717, 1.165) is 16.7 Å². The summed E-state index contributed by atoms with van der Waals surface area (Å²) in [4.78, 5) is 25.1. The maximum Gasteiger partial charge on any atom is 0.326 e. The van der Waals surface area contributed by atoms with Crippen molar-refractivity contribution in [1.29, 1.82) is 0 Å². The number of hydrogen-bond acceptors (Lipinski definition) is 2. The van der Waals surface area contributed by atoms with Crippen LogP contribution in [0.1, 0.15) is 43.4 Å². The van der Waals surface area contributed by atoms with Crippen molar-refractivity contribution in [2.45, 2.75) is 38.1 Å². The van der Waals surface area contributed by atoms with Gasteiger partial charge in [-0.05, 0) is 22.6 Å². The van der Waals surface area contributed by atoms with E-state index < -0.39 is 17.4 Å². The van der Waals surface area contributed by atoms with Crippen LogP contribution in [0.25, 0.3) is 0 Å². The van der Waals surface area contributed by atoms with Gasteiger partial charge in [0.05, 0.1) is 5.41 Å². The van der Waals surface area contributed by atoms with E-state index in [-0.39, 0.29) is 18.2 Å². The average Bonchev–Trinajstić information content (AvgIpc) is 2.82. The fourth-order valence-corrected chi connectivity index (χ4v) is 4.12. The van der Waals surface area contributed by atoms with Crippen LogP contribution in [-0.2, 0) is 15.0 Å². The molecule has 0 aromatic heterocycles. The van der Waals surface area contributed by atoms with E-state index in [1.165, 1.54) is 0 Å². The molecule has 0 aliphatic carbocycles. The van der Waals surface area contributed by atoms with Gasteiger partial charge in [-0.2, -0.15) is 0 Å².